The van der Waals surface area contributed by atoms with E-state index in [0.717, 1.165) is 0 Å². The highest BCUT2D eigenvalue weighted by Gasteiger charge is 2.35. The number of fused-ring (bicyclic) bond motifs is 6. The molecule has 236 valence electrons. The summed E-state index contributed by atoms with van der Waals surface area (Å²) >= 11 is 0. The van der Waals surface area contributed by atoms with Gasteiger partial charge in [-0.15, -0.1) is 0 Å². The third-order valence-electron chi connectivity index (χ3n) is 9.30. The summed E-state index contributed by atoms with van der Waals surface area (Å²) in [5, 5.41) is -1.25. The van der Waals surface area contributed by atoms with Gasteiger partial charge in [-0.25, -0.2) is 4.98 Å². The Morgan fingerprint density at radius 1 is 0.540 bits per heavy atom. The van der Waals surface area contributed by atoms with Crippen LogP contribution in [0, 0.1) is 0 Å². The summed E-state index contributed by atoms with van der Waals surface area (Å²) < 4.78 is 182. The van der Waals surface area contributed by atoms with Gasteiger partial charge in [0.2, 0.25) is 0 Å². The smallest absolute Gasteiger partial charge is 0.145 e. The molecule has 0 spiro atoms. The van der Waals surface area contributed by atoms with E-state index in [1.54, 1.807) is 66.9 Å². The largest absolute Gasteiger partial charge is 0.292 e. The first kappa shape index (κ1) is 15.1. The molecular formula is C48H34N2. The molecule has 0 saturated heterocycles. The fourth-order valence-corrected chi connectivity index (χ4v) is 7.06. The highest BCUT2D eigenvalue weighted by atomic mass is 15.1. The summed E-state index contributed by atoms with van der Waals surface area (Å²) in [6, 6.07) is 0.680. The zero-order valence-corrected chi connectivity index (χ0v) is 26.5. The van der Waals surface area contributed by atoms with E-state index >= 15 is 0 Å². The minimum Gasteiger partial charge on any atom is -0.292 e. The van der Waals surface area contributed by atoms with E-state index in [0.29, 0.717) is 11.0 Å². The van der Waals surface area contributed by atoms with Gasteiger partial charge in [0, 0.05) is 16.7 Å². The third kappa shape index (κ3) is 4.18. The number of nitrogens with zero attached hydrogens (tertiary/aromatic N) is 2. The van der Waals surface area contributed by atoms with Crippen LogP contribution in [0.2, 0.25) is 0 Å². The van der Waals surface area contributed by atoms with Crippen LogP contribution in [0.5, 0.6) is 0 Å². The fourth-order valence-electron chi connectivity index (χ4n) is 7.06. The van der Waals surface area contributed by atoms with Gasteiger partial charge in [-0.3, -0.25) is 4.57 Å². The van der Waals surface area contributed by atoms with Crippen LogP contribution in [0.3, 0.4) is 0 Å². The minimum absolute atomic E-state index is 0.00715. The fraction of sp³-hybridized carbons (Fsp3) is 0.0625. The van der Waals surface area contributed by atoms with Crippen LogP contribution < -0.4 is 0 Å². The maximum Gasteiger partial charge on any atom is 0.145 e. The van der Waals surface area contributed by atoms with Gasteiger partial charge in [-0.05, 0) is 96.4 Å². The molecule has 0 radical (unpaired) electrons. The number of hydrogen-bond acceptors (Lipinski definition) is 1. The zero-order valence-electron chi connectivity index (χ0n) is 46.5. The predicted octanol–water partition coefficient (Wildman–Crippen LogP) is 12.6. The van der Waals surface area contributed by atoms with E-state index < -0.39 is 132 Å². The Balaban J connectivity index is 1.39. The average Bonchev–Trinajstić information content (AvgIpc) is 3.84. The second-order valence-electron chi connectivity index (χ2n) is 12.4. The standard InChI is InChI=1S/C48H34N2/c1-48(2)41-24-11-10-19-35(41)36-28-27-33(30-42(36)48)46-39-22-8-6-20-37(39)45(38-21-7-9-23-40(38)46)32-17-14-18-34(29-32)50-44-26-13-12-25-43(44)49-47(50)31-15-4-3-5-16-31/h3-30H,1-2H3/i3D,4D,5D,6D,7D,8D,9D,10D,11D,15D,16D,19D,20D,21D,22D,23D,24D,27D,28D,30D. The molecule has 0 atom stereocenters. The Morgan fingerprint density at radius 3 is 1.90 bits per heavy atom. The van der Waals surface area contributed by atoms with Crippen molar-refractivity contribution in [1.82, 2.24) is 9.55 Å². The third-order valence-corrected chi connectivity index (χ3v) is 9.30. The molecule has 2 nitrogen and oxygen atoms in total. The molecule has 9 aromatic rings. The van der Waals surface area contributed by atoms with Gasteiger partial charge in [0.05, 0.1) is 38.4 Å². The first-order valence-electron chi connectivity index (χ1n) is 25.8. The van der Waals surface area contributed by atoms with Gasteiger partial charge in [-0.2, -0.15) is 0 Å². The first-order chi connectivity index (χ1) is 32.9. The summed E-state index contributed by atoms with van der Waals surface area (Å²) in [5.74, 6) is -0.0453. The second kappa shape index (κ2) is 10.9. The summed E-state index contributed by atoms with van der Waals surface area (Å²) in [5.41, 5.74) is -1.45. The maximum atomic E-state index is 9.95. The molecule has 1 aliphatic rings. The van der Waals surface area contributed by atoms with Crippen molar-refractivity contribution >= 4 is 32.6 Å². The van der Waals surface area contributed by atoms with Gasteiger partial charge in [0.15, 0.2) is 0 Å². The lowest BCUT2D eigenvalue weighted by atomic mass is 9.80. The van der Waals surface area contributed by atoms with Crippen molar-refractivity contribution in [3.63, 3.8) is 0 Å². The second-order valence-corrected chi connectivity index (χ2v) is 12.4. The Hall–Kier alpha value is -6.25. The van der Waals surface area contributed by atoms with Crippen molar-refractivity contribution in [3.8, 4) is 50.5 Å². The van der Waals surface area contributed by atoms with Crippen molar-refractivity contribution < 1.29 is 27.4 Å². The molecule has 0 bridgehead atoms. The number of imidazole rings is 1. The quantitative estimate of drug-likeness (QED) is 0.172. The van der Waals surface area contributed by atoms with Crippen LogP contribution in [0.25, 0.3) is 83.0 Å². The van der Waals surface area contributed by atoms with Crippen molar-refractivity contribution in [2.75, 3.05) is 0 Å². The molecule has 50 heavy (non-hydrogen) atoms. The van der Waals surface area contributed by atoms with Crippen LogP contribution in [-0.2, 0) is 5.41 Å². The topological polar surface area (TPSA) is 17.8 Å². The Labute approximate surface area is 320 Å². The highest BCUT2D eigenvalue weighted by molar-refractivity contribution is 6.21. The predicted molar refractivity (Wildman–Crippen MR) is 210 cm³/mol. The van der Waals surface area contributed by atoms with Gasteiger partial charge in [0.1, 0.15) is 5.82 Å². The van der Waals surface area contributed by atoms with Crippen molar-refractivity contribution in [3.05, 3.63) is 181 Å². The monoisotopic (exact) mass is 658 g/mol. The molecule has 0 N–H and O–H groups in total. The van der Waals surface area contributed by atoms with Crippen LogP contribution in [0.15, 0.2) is 169 Å². The number of hydrogen-bond donors (Lipinski definition) is 0. The minimum atomic E-state index is -1.42. The van der Waals surface area contributed by atoms with Crippen molar-refractivity contribution in [1.29, 1.82) is 0 Å². The van der Waals surface area contributed by atoms with Crippen LogP contribution >= 0.6 is 0 Å². The summed E-state index contributed by atoms with van der Waals surface area (Å²) in [6.07, 6.45) is 0. The Kier molecular flexibility index (Phi) is 3.29. The maximum absolute atomic E-state index is 9.95. The van der Waals surface area contributed by atoms with E-state index in [2.05, 4.69) is 0 Å². The number of aromatic nitrogens is 2. The van der Waals surface area contributed by atoms with Gasteiger partial charge >= 0.3 is 0 Å². The summed E-state index contributed by atoms with van der Waals surface area (Å²) in [6.45, 7) is 3.20. The van der Waals surface area contributed by atoms with Gasteiger partial charge in [0.25, 0.3) is 0 Å². The van der Waals surface area contributed by atoms with E-state index in [4.69, 9.17) is 22.8 Å². The van der Waals surface area contributed by atoms with E-state index in [-0.39, 0.29) is 77.6 Å². The average molecular weight is 659 g/mol. The molecule has 1 aliphatic carbocycles. The highest BCUT2D eigenvalue weighted by Crippen LogP contribution is 2.51. The molecule has 1 heterocycles. The molecule has 0 amide bonds. The van der Waals surface area contributed by atoms with Crippen LogP contribution in [0.1, 0.15) is 52.4 Å². The molecule has 0 fully saturated rings. The van der Waals surface area contributed by atoms with Gasteiger partial charge in [-0.1, -0.05) is 153 Å². The first-order valence-corrected chi connectivity index (χ1v) is 15.8. The van der Waals surface area contributed by atoms with Crippen LogP contribution in [0.4, 0.5) is 0 Å². The van der Waals surface area contributed by atoms with E-state index in [1.807, 2.05) is 0 Å². The Morgan fingerprint density at radius 2 is 1.16 bits per heavy atom. The number of benzene rings is 8. The molecule has 2 heteroatoms. The van der Waals surface area contributed by atoms with Crippen molar-refractivity contribution in [2.45, 2.75) is 19.3 Å². The lowest BCUT2D eigenvalue weighted by molar-refractivity contribution is 0.660. The molecule has 8 aromatic carbocycles. The van der Waals surface area contributed by atoms with E-state index in [1.165, 1.54) is 0 Å². The van der Waals surface area contributed by atoms with Crippen molar-refractivity contribution in [2.24, 2.45) is 0 Å². The van der Waals surface area contributed by atoms with Crippen LogP contribution in [-0.4, -0.2) is 9.55 Å². The molecule has 10 rings (SSSR count). The molecular weight excluding hydrogens is 605 g/mol. The summed E-state index contributed by atoms with van der Waals surface area (Å²) in [7, 11) is 0. The number of rotatable bonds is 4. The molecule has 0 saturated carbocycles. The van der Waals surface area contributed by atoms with E-state index in [9.17, 15) is 9.60 Å². The molecule has 0 unspecified atom stereocenters. The zero-order chi connectivity index (χ0) is 50.8. The lowest BCUT2D eigenvalue weighted by Gasteiger charge is -2.23. The van der Waals surface area contributed by atoms with Gasteiger partial charge < -0.3 is 0 Å². The Bertz CT molecular complexity index is 3820. The number of para-hydroxylation sites is 2. The molecule has 1 aromatic heterocycles. The lowest BCUT2D eigenvalue weighted by Crippen LogP contribution is -2.14. The normalized spacial score (nSPS) is 18.8. The SMILES string of the molecule is [2H]c1c([2H])c([2H])c(-c2nc3ccccc3n2-c2cccc(-c3c4c([2H])c([2H])c([2H])c([2H])c4c(-c4c([2H])c([2H])c5c(c4[2H])C(C)(C)c4c([2H])c([2H])c([2H])c([2H])c4-5)c4c([2H])c([2H])c([2H])c([2H])c34)c2)c([2H])c1[2H]. The summed E-state index contributed by atoms with van der Waals surface area (Å²) in [4.78, 5) is 4.73. The molecule has 0 aliphatic heterocycles.